The Balaban J connectivity index is 1.79. The van der Waals surface area contributed by atoms with Gasteiger partial charge in [-0.05, 0) is 62.4 Å². The van der Waals surface area contributed by atoms with Crippen molar-refractivity contribution >= 4 is 11.6 Å². The average molecular weight is 316 g/mol. The van der Waals surface area contributed by atoms with Crippen LogP contribution in [0.25, 0.3) is 5.69 Å². The number of nitrogens with one attached hydrogen (secondary N) is 1. The fourth-order valence-corrected chi connectivity index (χ4v) is 2.51. The molecule has 1 N–H and O–H groups in total. The Hall–Kier alpha value is -3.39. The summed E-state index contributed by atoms with van der Waals surface area (Å²) in [5.74, 6) is -0.218. The molecular formula is C19H16N4O. The van der Waals surface area contributed by atoms with E-state index in [0.717, 1.165) is 17.1 Å². The zero-order valence-electron chi connectivity index (χ0n) is 13.4. The number of hydrogen-bond acceptors (Lipinski definition) is 3. The normalized spacial score (nSPS) is 10.2. The summed E-state index contributed by atoms with van der Waals surface area (Å²) in [5, 5.41) is 16.1. The minimum absolute atomic E-state index is 0.218. The van der Waals surface area contributed by atoms with Gasteiger partial charge in [-0.15, -0.1) is 0 Å². The molecule has 0 aliphatic carbocycles. The minimum atomic E-state index is -0.218. The summed E-state index contributed by atoms with van der Waals surface area (Å²) in [6, 6.07) is 18.1. The molecule has 0 radical (unpaired) electrons. The number of nitrogens with zero attached hydrogens (tertiary/aromatic N) is 3. The topological polar surface area (TPSA) is 70.7 Å². The van der Waals surface area contributed by atoms with Gasteiger partial charge in [-0.25, -0.2) is 4.68 Å². The van der Waals surface area contributed by atoms with Crippen LogP contribution in [0, 0.1) is 25.2 Å². The van der Waals surface area contributed by atoms with E-state index in [0.29, 0.717) is 16.8 Å². The Morgan fingerprint density at radius 3 is 2.50 bits per heavy atom. The van der Waals surface area contributed by atoms with Crippen molar-refractivity contribution in [2.75, 3.05) is 5.32 Å². The van der Waals surface area contributed by atoms with Crippen molar-refractivity contribution in [1.29, 1.82) is 5.26 Å². The second-order valence-electron chi connectivity index (χ2n) is 5.53. The highest BCUT2D eigenvalue weighted by Crippen LogP contribution is 2.15. The number of aromatic nitrogens is 2. The molecule has 0 bridgehead atoms. The number of carbonyl (C=O) groups excluding carboxylic acids is 1. The van der Waals surface area contributed by atoms with Crippen LogP contribution in [-0.2, 0) is 0 Å². The SMILES string of the molecule is Cc1cc(C)n(-c2ccc(C(=O)Nc3cccc(C#N)c3)cc2)n1. The molecule has 1 aromatic heterocycles. The maximum absolute atomic E-state index is 12.3. The summed E-state index contributed by atoms with van der Waals surface area (Å²) in [6.45, 7) is 3.93. The lowest BCUT2D eigenvalue weighted by Crippen LogP contribution is -2.12. The van der Waals surface area contributed by atoms with Gasteiger partial charge in [-0.2, -0.15) is 10.4 Å². The summed E-state index contributed by atoms with van der Waals surface area (Å²) in [7, 11) is 0. The van der Waals surface area contributed by atoms with E-state index >= 15 is 0 Å². The molecule has 3 rings (SSSR count). The molecule has 1 amide bonds. The summed E-state index contributed by atoms with van der Waals surface area (Å²) in [5.41, 5.74) is 4.55. The van der Waals surface area contributed by atoms with Crippen LogP contribution >= 0.6 is 0 Å². The molecule has 118 valence electrons. The van der Waals surface area contributed by atoms with E-state index in [2.05, 4.69) is 16.5 Å². The van der Waals surface area contributed by atoms with Gasteiger partial charge in [-0.3, -0.25) is 4.79 Å². The maximum atomic E-state index is 12.3. The monoisotopic (exact) mass is 316 g/mol. The molecule has 0 unspecified atom stereocenters. The van der Waals surface area contributed by atoms with Gasteiger partial charge in [-0.1, -0.05) is 6.07 Å². The van der Waals surface area contributed by atoms with Gasteiger partial charge in [0, 0.05) is 16.9 Å². The molecule has 0 fully saturated rings. The van der Waals surface area contributed by atoms with Crippen molar-refractivity contribution in [1.82, 2.24) is 9.78 Å². The Morgan fingerprint density at radius 2 is 1.88 bits per heavy atom. The number of hydrogen-bond donors (Lipinski definition) is 1. The van der Waals surface area contributed by atoms with Crippen molar-refractivity contribution < 1.29 is 4.79 Å². The van der Waals surface area contributed by atoms with E-state index in [1.807, 2.05) is 36.7 Å². The number of benzene rings is 2. The Kier molecular flexibility index (Phi) is 4.13. The third kappa shape index (κ3) is 3.18. The van der Waals surface area contributed by atoms with E-state index in [1.54, 1.807) is 36.4 Å². The largest absolute Gasteiger partial charge is 0.322 e. The molecule has 0 atom stereocenters. The van der Waals surface area contributed by atoms with Crippen molar-refractivity contribution in [3.63, 3.8) is 0 Å². The van der Waals surface area contributed by atoms with Gasteiger partial charge in [0.1, 0.15) is 0 Å². The van der Waals surface area contributed by atoms with Crippen LogP contribution in [0.3, 0.4) is 0 Å². The molecule has 5 nitrogen and oxygen atoms in total. The van der Waals surface area contributed by atoms with E-state index in [4.69, 9.17) is 5.26 Å². The summed E-state index contributed by atoms with van der Waals surface area (Å²) in [4.78, 5) is 12.3. The number of rotatable bonds is 3. The summed E-state index contributed by atoms with van der Waals surface area (Å²) in [6.07, 6.45) is 0. The van der Waals surface area contributed by atoms with Gasteiger partial charge in [0.2, 0.25) is 0 Å². The fraction of sp³-hybridized carbons (Fsp3) is 0.105. The Morgan fingerprint density at radius 1 is 1.12 bits per heavy atom. The van der Waals surface area contributed by atoms with Crippen molar-refractivity contribution in [3.8, 4) is 11.8 Å². The Labute approximate surface area is 140 Å². The van der Waals surface area contributed by atoms with Gasteiger partial charge < -0.3 is 5.32 Å². The smallest absolute Gasteiger partial charge is 0.255 e. The van der Waals surface area contributed by atoms with E-state index < -0.39 is 0 Å². The lowest BCUT2D eigenvalue weighted by Gasteiger charge is -2.08. The van der Waals surface area contributed by atoms with Crippen molar-refractivity contribution in [2.24, 2.45) is 0 Å². The quantitative estimate of drug-likeness (QED) is 0.802. The fourth-order valence-electron chi connectivity index (χ4n) is 2.51. The number of nitriles is 1. The van der Waals surface area contributed by atoms with Gasteiger partial charge in [0.15, 0.2) is 0 Å². The van der Waals surface area contributed by atoms with Crippen molar-refractivity contribution in [3.05, 3.63) is 77.1 Å². The second-order valence-corrected chi connectivity index (χ2v) is 5.53. The maximum Gasteiger partial charge on any atom is 0.255 e. The number of aryl methyl sites for hydroxylation is 2. The second kappa shape index (κ2) is 6.39. The van der Waals surface area contributed by atoms with Gasteiger partial charge in [0.05, 0.1) is 23.0 Å². The van der Waals surface area contributed by atoms with Crippen LogP contribution in [-0.4, -0.2) is 15.7 Å². The molecule has 1 heterocycles. The lowest BCUT2D eigenvalue weighted by molar-refractivity contribution is 0.102. The minimum Gasteiger partial charge on any atom is -0.322 e. The van der Waals surface area contributed by atoms with Crippen LogP contribution < -0.4 is 5.32 Å². The number of carbonyl (C=O) groups is 1. The third-order valence-electron chi connectivity index (χ3n) is 3.63. The average Bonchev–Trinajstić information content (AvgIpc) is 2.93. The highest BCUT2D eigenvalue weighted by molar-refractivity contribution is 6.04. The van der Waals surface area contributed by atoms with Crippen LogP contribution in [0.1, 0.15) is 27.3 Å². The molecule has 3 aromatic rings. The number of amides is 1. The predicted molar refractivity (Wildman–Crippen MR) is 92.1 cm³/mol. The zero-order chi connectivity index (χ0) is 17.1. The molecule has 0 aliphatic heterocycles. The molecule has 0 spiro atoms. The molecule has 2 aromatic carbocycles. The third-order valence-corrected chi connectivity index (χ3v) is 3.63. The molecule has 5 heteroatoms. The van der Waals surface area contributed by atoms with E-state index in [-0.39, 0.29) is 5.91 Å². The molecule has 0 saturated heterocycles. The van der Waals surface area contributed by atoms with Gasteiger partial charge in [0.25, 0.3) is 5.91 Å². The van der Waals surface area contributed by atoms with Crippen LogP contribution in [0.15, 0.2) is 54.6 Å². The van der Waals surface area contributed by atoms with Crippen LogP contribution in [0.2, 0.25) is 0 Å². The zero-order valence-corrected chi connectivity index (χ0v) is 13.4. The summed E-state index contributed by atoms with van der Waals surface area (Å²) < 4.78 is 1.84. The van der Waals surface area contributed by atoms with Crippen LogP contribution in [0.5, 0.6) is 0 Å². The molecule has 0 aliphatic rings. The number of anilines is 1. The first-order valence-corrected chi connectivity index (χ1v) is 7.52. The first-order chi connectivity index (χ1) is 11.6. The van der Waals surface area contributed by atoms with Crippen LogP contribution in [0.4, 0.5) is 5.69 Å². The van der Waals surface area contributed by atoms with Gasteiger partial charge >= 0.3 is 0 Å². The molecule has 24 heavy (non-hydrogen) atoms. The predicted octanol–water partition coefficient (Wildman–Crippen LogP) is 3.61. The standard InChI is InChI=1S/C19H16N4O/c1-13-10-14(2)23(22-13)18-8-6-16(7-9-18)19(24)21-17-5-3-4-15(11-17)12-20/h3-11H,1-2H3,(H,21,24). The van der Waals surface area contributed by atoms with Crippen molar-refractivity contribution in [2.45, 2.75) is 13.8 Å². The summed E-state index contributed by atoms with van der Waals surface area (Å²) >= 11 is 0. The molecule has 0 saturated carbocycles. The van der Waals surface area contributed by atoms with E-state index in [1.165, 1.54) is 0 Å². The Bertz CT molecular complexity index is 933. The molecular weight excluding hydrogens is 300 g/mol. The van der Waals surface area contributed by atoms with E-state index in [9.17, 15) is 4.79 Å². The highest BCUT2D eigenvalue weighted by Gasteiger charge is 2.08. The highest BCUT2D eigenvalue weighted by atomic mass is 16.1. The first kappa shape index (κ1) is 15.5. The first-order valence-electron chi connectivity index (χ1n) is 7.52. The lowest BCUT2D eigenvalue weighted by atomic mass is 10.1.